The second kappa shape index (κ2) is 12.6. The molecule has 1 aromatic heterocycles. The molecule has 0 bridgehead atoms. The number of nitrogens with one attached hydrogen (secondary N) is 2. The lowest BCUT2D eigenvalue weighted by Gasteiger charge is -2.15. The highest BCUT2D eigenvalue weighted by atomic mass is 127. The van der Waals surface area contributed by atoms with Crippen LogP contribution in [0.5, 0.6) is 0 Å². The first kappa shape index (κ1) is 22.4. The highest BCUT2D eigenvalue weighted by molar-refractivity contribution is 14.0. The van der Waals surface area contributed by atoms with Gasteiger partial charge in [0.15, 0.2) is 11.8 Å². The lowest BCUT2D eigenvalue weighted by atomic mass is 10.0. The van der Waals surface area contributed by atoms with E-state index in [9.17, 15) is 5.11 Å². The fraction of sp³-hybridized carbons (Fsp3) is 0.500. The molecule has 0 aliphatic carbocycles. The largest absolute Gasteiger partial charge is 0.396 e. The molecular formula is C18H28IN5O2. The second-order valence-corrected chi connectivity index (χ2v) is 5.78. The zero-order valence-electron chi connectivity index (χ0n) is 15.3. The van der Waals surface area contributed by atoms with Gasteiger partial charge in [0.25, 0.3) is 0 Å². The summed E-state index contributed by atoms with van der Waals surface area (Å²) < 4.78 is 5.10. The van der Waals surface area contributed by atoms with Gasteiger partial charge in [0.2, 0.25) is 5.89 Å². The van der Waals surface area contributed by atoms with Crippen LogP contribution >= 0.6 is 24.0 Å². The molecule has 3 N–H and O–H groups in total. The Labute approximate surface area is 171 Å². The van der Waals surface area contributed by atoms with Crippen molar-refractivity contribution in [3.8, 4) is 0 Å². The molecule has 0 aliphatic heterocycles. The van der Waals surface area contributed by atoms with Crippen molar-refractivity contribution in [3.05, 3.63) is 47.6 Å². The maximum absolute atomic E-state index is 9.63. The molecule has 1 atom stereocenters. The van der Waals surface area contributed by atoms with E-state index >= 15 is 0 Å². The monoisotopic (exact) mass is 473 g/mol. The van der Waals surface area contributed by atoms with Gasteiger partial charge in [0, 0.05) is 25.4 Å². The molecule has 1 heterocycles. The number of aliphatic imine (C=N–C) groups is 1. The maximum Gasteiger partial charge on any atom is 0.226 e. The number of aromatic nitrogens is 2. The van der Waals surface area contributed by atoms with Crippen molar-refractivity contribution >= 4 is 29.9 Å². The van der Waals surface area contributed by atoms with Crippen molar-refractivity contribution in [3.63, 3.8) is 0 Å². The highest BCUT2D eigenvalue weighted by Gasteiger charge is 2.10. The highest BCUT2D eigenvalue weighted by Crippen LogP contribution is 2.14. The van der Waals surface area contributed by atoms with Gasteiger partial charge in [-0.1, -0.05) is 35.5 Å². The van der Waals surface area contributed by atoms with Gasteiger partial charge in [-0.15, -0.1) is 24.0 Å². The van der Waals surface area contributed by atoms with Crippen LogP contribution in [0.1, 0.15) is 36.5 Å². The third-order valence-corrected chi connectivity index (χ3v) is 3.73. The van der Waals surface area contributed by atoms with E-state index in [0.29, 0.717) is 18.3 Å². The number of rotatable bonds is 9. The number of aliphatic hydroxyl groups is 1. The topological polar surface area (TPSA) is 95.6 Å². The fourth-order valence-electron chi connectivity index (χ4n) is 2.42. The summed E-state index contributed by atoms with van der Waals surface area (Å²) in [6.45, 7) is 5.97. The molecule has 26 heavy (non-hydrogen) atoms. The molecule has 2 rings (SSSR count). The molecule has 0 saturated carbocycles. The molecule has 0 radical (unpaired) electrons. The molecule has 1 aromatic carbocycles. The summed E-state index contributed by atoms with van der Waals surface area (Å²) in [5.41, 5.74) is 1.09. The lowest BCUT2D eigenvalue weighted by Crippen LogP contribution is -2.38. The Morgan fingerprint density at radius 2 is 2.04 bits per heavy atom. The molecule has 0 fully saturated rings. The fourth-order valence-corrected chi connectivity index (χ4v) is 2.42. The lowest BCUT2D eigenvalue weighted by molar-refractivity contribution is 0.268. The summed E-state index contributed by atoms with van der Waals surface area (Å²) in [4.78, 5) is 8.78. The Hall–Kier alpha value is -1.68. The minimum Gasteiger partial charge on any atom is -0.396 e. The number of guanidine groups is 1. The van der Waals surface area contributed by atoms with Crippen LogP contribution in [-0.2, 0) is 6.42 Å². The molecule has 0 aliphatic rings. The van der Waals surface area contributed by atoms with Gasteiger partial charge in [0.1, 0.15) is 0 Å². The molecule has 2 aromatic rings. The number of hydrogen-bond acceptors (Lipinski definition) is 5. The van der Waals surface area contributed by atoms with Gasteiger partial charge in [0.05, 0.1) is 13.2 Å². The van der Waals surface area contributed by atoms with Gasteiger partial charge in [-0.3, -0.25) is 4.99 Å². The van der Waals surface area contributed by atoms with Crippen LogP contribution in [0.15, 0.2) is 39.8 Å². The van der Waals surface area contributed by atoms with Crippen LogP contribution in [0.25, 0.3) is 0 Å². The Morgan fingerprint density at radius 3 is 2.65 bits per heavy atom. The van der Waals surface area contributed by atoms with E-state index in [1.165, 1.54) is 0 Å². The molecular weight excluding hydrogens is 445 g/mol. The predicted molar refractivity (Wildman–Crippen MR) is 113 cm³/mol. The summed E-state index contributed by atoms with van der Waals surface area (Å²) in [7, 11) is 0. The van der Waals surface area contributed by atoms with Gasteiger partial charge >= 0.3 is 0 Å². The van der Waals surface area contributed by atoms with Crippen LogP contribution in [0.2, 0.25) is 0 Å². The molecule has 144 valence electrons. The van der Waals surface area contributed by atoms with Gasteiger partial charge < -0.3 is 20.3 Å². The first-order valence-corrected chi connectivity index (χ1v) is 8.70. The van der Waals surface area contributed by atoms with Crippen molar-refractivity contribution < 1.29 is 9.63 Å². The quantitative estimate of drug-likeness (QED) is 0.224. The number of halogens is 1. The average Bonchev–Trinajstić information content (AvgIpc) is 3.05. The van der Waals surface area contributed by atoms with Crippen molar-refractivity contribution in [2.45, 2.75) is 32.6 Å². The normalized spacial score (nSPS) is 12.3. The number of hydrogen-bond donors (Lipinski definition) is 3. The van der Waals surface area contributed by atoms with Gasteiger partial charge in [-0.05, 0) is 25.8 Å². The Kier molecular flexibility index (Phi) is 10.9. The molecule has 0 amide bonds. The van der Waals surface area contributed by atoms with Crippen molar-refractivity contribution in [1.29, 1.82) is 0 Å². The van der Waals surface area contributed by atoms with Gasteiger partial charge in [-0.2, -0.15) is 4.98 Å². The summed E-state index contributed by atoms with van der Waals surface area (Å²) >= 11 is 0. The van der Waals surface area contributed by atoms with E-state index < -0.39 is 0 Å². The molecule has 8 heteroatoms. The zero-order chi connectivity index (χ0) is 17.9. The summed E-state index contributed by atoms with van der Waals surface area (Å²) in [6.07, 6.45) is 1.60. The smallest absolute Gasteiger partial charge is 0.226 e. The number of benzene rings is 1. The number of aliphatic hydroxyl groups excluding tert-OH is 1. The molecule has 1 unspecified atom stereocenters. The van der Waals surface area contributed by atoms with Crippen LogP contribution in [-0.4, -0.2) is 47.4 Å². The summed E-state index contributed by atoms with van der Waals surface area (Å²) in [5, 5.41) is 19.9. The summed E-state index contributed by atoms with van der Waals surface area (Å²) in [6, 6.07) is 9.96. The average molecular weight is 473 g/mol. The second-order valence-electron chi connectivity index (χ2n) is 5.78. The van der Waals surface area contributed by atoms with E-state index in [1.807, 2.05) is 44.2 Å². The van der Waals surface area contributed by atoms with E-state index in [1.54, 1.807) is 0 Å². The maximum atomic E-state index is 9.63. The van der Waals surface area contributed by atoms with E-state index in [4.69, 9.17) is 4.52 Å². The predicted octanol–water partition coefficient (Wildman–Crippen LogP) is 2.26. The van der Waals surface area contributed by atoms with Gasteiger partial charge in [-0.25, -0.2) is 0 Å². The van der Waals surface area contributed by atoms with Crippen molar-refractivity contribution in [1.82, 2.24) is 20.8 Å². The Morgan fingerprint density at radius 1 is 1.27 bits per heavy atom. The molecule has 0 saturated heterocycles. The van der Waals surface area contributed by atoms with Crippen molar-refractivity contribution in [2.24, 2.45) is 4.99 Å². The number of nitrogens with zero attached hydrogens (tertiary/aromatic N) is 3. The van der Waals surface area contributed by atoms with Crippen molar-refractivity contribution in [2.75, 3.05) is 26.2 Å². The summed E-state index contributed by atoms with van der Waals surface area (Å²) in [5.74, 6) is 2.07. The zero-order valence-corrected chi connectivity index (χ0v) is 17.6. The third-order valence-electron chi connectivity index (χ3n) is 3.73. The van der Waals surface area contributed by atoms with Crippen LogP contribution in [0, 0.1) is 6.92 Å². The minimum atomic E-state index is -0.00183. The van der Waals surface area contributed by atoms with E-state index in [2.05, 4.69) is 25.8 Å². The molecule has 0 spiro atoms. The third kappa shape index (κ3) is 7.69. The van der Waals surface area contributed by atoms with Crippen LogP contribution < -0.4 is 10.6 Å². The Bertz CT molecular complexity index is 648. The van der Waals surface area contributed by atoms with E-state index in [0.717, 1.165) is 37.5 Å². The Balaban J connectivity index is 0.00000338. The first-order chi connectivity index (χ1) is 12.2. The van der Waals surface area contributed by atoms with E-state index in [-0.39, 0.29) is 36.5 Å². The molecule has 7 nitrogen and oxygen atoms in total. The number of aryl methyl sites for hydroxylation is 2. The van der Waals surface area contributed by atoms with Crippen LogP contribution in [0.3, 0.4) is 0 Å². The van der Waals surface area contributed by atoms with Crippen LogP contribution in [0.4, 0.5) is 0 Å². The first-order valence-electron chi connectivity index (χ1n) is 8.70. The SMILES string of the molecule is CCNC(=NCC(CO)c1ccccc1)NCCCc1nc(C)no1.I. The minimum absolute atomic E-state index is 0. The standard InChI is InChI=1S/C18H27N5O2.HI/c1-3-19-18(20-11-7-10-17-22-14(2)23-25-17)21-12-16(13-24)15-8-5-4-6-9-15;/h4-6,8-9,16,24H,3,7,10-13H2,1-2H3,(H2,19,20,21);1H.